The van der Waals surface area contributed by atoms with E-state index >= 15 is 4.79 Å². The number of hydrogen-bond donors (Lipinski definition) is 17. The molecule has 1 aromatic heterocycles. The van der Waals surface area contributed by atoms with Gasteiger partial charge in [-0.2, -0.15) is 0 Å². The molecule has 11 atom stereocenters. The van der Waals surface area contributed by atoms with Crippen molar-refractivity contribution in [1.29, 1.82) is 0 Å². The Bertz CT molecular complexity index is 3950. The number of hydrogen-bond acceptors (Lipinski definition) is 26. The van der Waals surface area contributed by atoms with Crippen LogP contribution in [0.5, 0.6) is 5.75 Å². The van der Waals surface area contributed by atoms with Crippen LogP contribution in [0.15, 0.2) is 53.9 Å². The zero-order valence-electron chi connectivity index (χ0n) is 68.2. The number of carbonyl (C=O) groups is 17. The van der Waals surface area contributed by atoms with Crippen LogP contribution in [-0.4, -0.2) is 247 Å². The molecule has 17 N–H and O–H groups in total. The number of nitrogens with zero attached hydrogens (tertiary/aromatic N) is 3. The van der Waals surface area contributed by atoms with Gasteiger partial charge >= 0.3 is 59.9 Å². The van der Waals surface area contributed by atoms with Gasteiger partial charge in [0.15, 0.2) is 12.8 Å². The lowest BCUT2D eigenvalue weighted by Crippen LogP contribution is -2.59. The van der Waals surface area contributed by atoms with Gasteiger partial charge in [-0.3, -0.25) is 67.9 Å². The van der Waals surface area contributed by atoms with E-state index in [1.807, 2.05) is 51.9 Å². The summed E-state index contributed by atoms with van der Waals surface area (Å²) in [4.78, 5) is 225. The average Bonchev–Trinajstić information content (AvgIpc) is 1.23. The second-order valence-electron chi connectivity index (χ2n) is 29.0. The Morgan fingerprint density at radius 3 is 1.88 bits per heavy atom. The van der Waals surface area contributed by atoms with Gasteiger partial charge in [0.25, 0.3) is 5.91 Å². The number of benzene rings is 2. The number of ether oxygens (including phenoxy) is 3. The van der Waals surface area contributed by atoms with Crippen LogP contribution in [0.2, 0.25) is 0 Å². The number of nitrogens with one attached hydrogen (secondary N) is 11. The topological polar surface area (TPSA) is 591 Å². The number of aliphatic carboxylic acids is 5. The van der Waals surface area contributed by atoms with E-state index in [-0.39, 0.29) is 123 Å². The maximum absolute atomic E-state index is 15.0. The van der Waals surface area contributed by atoms with Crippen LogP contribution in [0.25, 0.3) is 0 Å². The number of carboxylic acids is 5. The molecular weight excluding hydrogens is 1630 g/mol. The number of likely N-dealkylation sites (N-methyl/N-ethyl adjacent to an activating group) is 1. The first-order valence-electron chi connectivity index (χ1n) is 39.2. The maximum Gasteiger partial charge on any atom is 0.426 e. The summed E-state index contributed by atoms with van der Waals surface area (Å²) in [7, 11) is 4.29. The maximum atomic E-state index is 15.0. The van der Waals surface area contributed by atoms with E-state index in [4.69, 9.17) is 19.3 Å². The summed E-state index contributed by atoms with van der Waals surface area (Å²) in [6.45, 7) is 12.2. The number of urea groups is 2. The van der Waals surface area contributed by atoms with Crippen LogP contribution >= 0.6 is 32.9 Å². The number of carbonyl (C=O) groups excluding carboxylic acids is 12. The van der Waals surface area contributed by atoms with Crippen molar-refractivity contribution in [2.45, 2.75) is 219 Å². The minimum absolute atomic E-state index is 0.00149. The smallest absolute Gasteiger partial charge is 0.426 e. The van der Waals surface area contributed by atoms with Gasteiger partial charge in [-0.25, -0.2) is 34.4 Å². The predicted molar refractivity (Wildman–Crippen MR) is 436 cm³/mol. The molecule has 120 heavy (non-hydrogen) atoms. The summed E-state index contributed by atoms with van der Waals surface area (Å²) in [6, 6.07) is 1.17. The number of aromatic hydroxyl groups is 1. The first kappa shape index (κ1) is 101. The lowest BCUT2D eigenvalue weighted by Gasteiger charge is -2.39. The summed E-state index contributed by atoms with van der Waals surface area (Å²) < 4.78 is 16.8. The molecule has 40 nitrogen and oxygen atoms in total. The number of phenolic OH excluding ortho intramolecular Hbond substituents is 1. The van der Waals surface area contributed by atoms with E-state index in [9.17, 15) is 102 Å². The van der Waals surface area contributed by atoms with Gasteiger partial charge in [0, 0.05) is 80.7 Å². The molecule has 0 bridgehead atoms. The Hall–Kier alpha value is -11.1. The third-order valence-corrected chi connectivity index (χ3v) is 22.3. The Kier molecular flexibility index (Phi) is 45.1. The van der Waals surface area contributed by atoms with Crippen molar-refractivity contribution < 1.29 is 126 Å². The molecule has 1 aliphatic heterocycles. The number of carboxylic acid groups (broad SMARTS) is 5. The number of piperidine rings is 1. The van der Waals surface area contributed by atoms with E-state index in [2.05, 4.69) is 58.4 Å². The first-order valence-corrected chi connectivity index (χ1v) is 42.5. The van der Waals surface area contributed by atoms with Crippen molar-refractivity contribution in [2.24, 2.45) is 17.8 Å². The molecule has 0 aliphatic carbocycles. The Morgan fingerprint density at radius 2 is 1.27 bits per heavy atom. The SMILES string of the molecule is CCCC(=O)OCN(C(=O)[C@@H](NC(=O)[C@H]1CCCCN1C)C(C)CC)[C@H](C[C@@H](OC(C)=O)c1nc(C(=O)N[C@@H](Cc2ccc(O)cc2)C[C@H](C)C(=O)NNC(=O)OCCSSCCNC(=O)[C@H](CC(=O)O)NC(=O)[C@H](CC(=O)O)NC(=O)Cc2ccc(CNC(=O)NCCCC[C@H](NC(=O)N[C@@H](CCC(=O)O)C(=O)O)C(=O)O)cc2)cs1)C(C)C. The molecule has 1 aliphatic rings. The number of rotatable bonds is 53. The number of phenols is 1. The second-order valence-corrected chi connectivity index (χ2v) is 32.5. The van der Waals surface area contributed by atoms with Crippen molar-refractivity contribution in [1.82, 2.24) is 73.5 Å². The highest BCUT2D eigenvalue weighted by atomic mass is 33.1. The molecule has 2 heterocycles. The molecular formula is C77H112N14O26S3. The summed E-state index contributed by atoms with van der Waals surface area (Å²) in [5, 5.41) is 80.8. The molecule has 12 amide bonds. The van der Waals surface area contributed by atoms with Crippen LogP contribution in [0.4, 0.5) is 14.4 Å². The Labute approximate surface area is 705 Å². The first-order chi connectivity index (χ1) is 56.9. The van der Waals surface area contributed by atoms with Crippen LogP contribution in [0.3, 0.4) is 0 Å². The van der Waals surface area contributed by atoms with Gasteiger partial charge in [-0.15, -0.1) is 11.3 Å². The van der Waals surface area contributed by atoms with Gasteiger partial charge in [-0.05, 0) is 112 Å². The quantitative estimate of drug-likeness (QED) is 0.00953. The molecule has 4 rings (SSSR count). The molecule has 1 unspecified atom stereocenters. The van der Waals surface area contributed by atoms with E-state index in [1.165, 1.54) is 63.1 Å². The monoisotopic (exact) mass is 1740 g/mol. The van der Waals surface area contributed by atoms with Gasteiger partial charge < -0.3 is 97.6 Å². The largest absolute Gasteiger partial charge is 0.508 e. The number of hydrazine groups is 1. The highest BCUT2D eigenvalue weighted by Gasteiger charge is 2.41. The number of unbranched alkanes of at least 4 members (excludes halogenated alkanes) is 1. The number of amides is 12. The van der Waals surface area contributed by atoms with Crippen molar-refractivity contribution in [3.8, 4) is 5.75 Å². The third-order valence-electron chi connectivity index (χ3n) is 19.0. The van der Waals surface area contributed by atoms with Crippen LogP contribution in [0, 0.1) is 17.8 Å². The molecule has 664 valence electrons. The minimum Gasteiger partial charge on any atom is -0.508 e. The van der Waals surface area contributed by atoms with Gasteiger partial charge in [0.1, 0.15) is 53.3 Å². The number of likely N-dealkylation sites (tertiary alicyclic amines) is 1. The number of thiazole rings is 1. The molecule has 43 heteroatoms. The Morgan fingerprint density at radius 1 is 0.642 bits per heavy atom. The molecule has 0 saturated carbocycles. The van der Waals surface area contributed by atoms with Gasteiger partial charge in [-0.1, -0.05) is 112 Å². The predicted octanol–water partition coefficient (Wildman–Crippen LogP) is 3.84. The van der Waals surface area contributed by atoms with Gasteiger partial charge in [0.2, 0.25) is 35.4 Å². The van der Waals surface area contributed by atoms with Crippen LogP contribution in [0.1, 0.15) is 183 Å². The fourth-order valence-electron chi connectivity index (χ4n) is 12.3. The molecule has 1 fully saturated rings. The van der Waals surface area contributed by atoms with Crippen molar-refractivity contribution in [2.75, 3.05) is 51.5 Å². The van der Waals surface area contributed by atoms with Crippen molar-refractivity contribution in [3.05, 3.63) is 81.3 Å². The average molecular weight is 1750 g/mol. The third kappa shape index (κ3) is 38.3. The van der Waals surface area contributed by atoms with E-state index < -0.39 is 188 Å². The lowest BCUT2D eigenvalue weighted by molar-refractivity contribution is -0.161. The van der Waals surface area contributed by atoms with E-state index in [0.717, 1.165) is 30.7 Å². The lowest BCUT2D eigenvalue weighted by atomic mass is 9.92. The van der Waals surface area contributed by atoms with Crippen LogP contribution < -0.4 is 58.7 Å². The zero-order valence-corrected chi connectivity index (χ0v) is 70.7. The van der Waals surface area contributed by atoms with E-state index in [0.29, 0.717) is 36.0 Å². The zero-order chi connectivity index (χ0) is 89.1. The molecule has 2 aromatic carbocycles. The standard InChI is InChI=1S/C77H112N14O26S3/c1-9-15-64(101)116-42-91(72(107)65(44(5)10-2)87-70(106)57-17-12-14-30-90(57)8)58(43(3)4)39-59(117-46(7)92)71-84-56(41-118-71)69(105)81-50(35-47-22-24-51(93)25-23-47)34-45(6)66(102)88-89-77(114)115-31-33-120-119-32-29-78-67(103)54(37-62(97)98)83-68(104)55(38-63(99)100)82-60(94)36-48-18-20-49(21-19-48)40-80-75(112)79-28-13-11-16-52(73(108)109)85-76(113)86-53(74(110)111)26-27-61(95)96/h18-25,41,43-45,50,52-55,57-59,65,93H,9-17,26-40,42H2,1-8H3,(H,78,103)(H,81,105)(H,82,94)(H,83,104)(H,87,106)(H,88,102)(H,89,114)(H,95,96)(H,97,98)(H,99,100)(H,108,109)(H,110,111)(H2,79,80,112)(H2,85,86,113)/t44?,45-,50+,52-,53-,54-,55-,57+,58+,59+,65-/m0/s1. The van der Waals surface area contributed by atoms with Gasteiger partial charge in [0.05, 0.1) is 25.3 Å². The normalized spacial score (nSPS) is 15.0. The summed E-state index contributed by atoms with van der Waals surface area (Å²) >= 11 is 1.02. The summed E-state index contributed by atoms with van der Waals surface area (Å²) in [5.41, 5.74) is 6.07. The fourth-order valence-corrected chi connectivity index (χ4v) is 14.9. The Balaban J connectivity index is 1.25. The minimum atomic E-state index is -1.76. The molecule has 3 aromatic rings. The molecule has 1 saturated heterocycles. The highest BCUT2D eigenvalue weighted by molar-refractivity contribution is 8.76. The highest BCUT2D eigenvalue weighted by Crippen LogP contribution is 2.33. The van der Waals surface area contributed by atoms with Crippen molar-refractivity contribution in [3.63, 3.8) is 0 Å². The second kappa shape index (κ2) is 53.5. The molecule has 0 spiro atoms. The van der Waals surface area contributed by atoms with Crippen LogP contribution in [-0.2, 0) is 95.9 Å². The number of aromatic nitrogens is 1. The fraction of sp³-hybridized carbons (Fsp3) is 0.584. The summed E-state index contributed by atoms with van der Waals surface area (Å²) in [6.07, 6.45) is -1.41. The summed E-state index contributed by atoms with van der Waals surface area (Å²) in [5.74, 6) is -14.7. The van der Waals surface area contributed by atoms with Crippen molar-refractivity contribution >= 4 is 134 Å². The number of esters is 2. The molecule has 0 radical (unpaired) electrons. The van der Waals surface area contributed by atoms with E-state index in [1.54, 1.807) is 31.2 Å².